The van der Waals surface area contributed by atoms with Gasteiger partial charge >= 0.3 is 0 Å². The first-order valence-corrected chi connectivity index (χ1v) is 6.78. The van der Waals surface area contributed by atoms with Crippen molar-refractivity contribution in [2.75, 3.05) is 6.54 Å². The molecule has 1 fully saturated rings. The molecule has 17 heavy (non-hydrogen) atoms. The lowest BCUT2D eigenvalue weighted by Gasteiger charge is -2.31. The summed E-state index contributed by atoms with van der Waals surface area (Å²) in [5, 5.41) is 3.35. The van der Waals surface area contributed by atoms with Crippen LogP contribution in [-0.4, -0.2) is 11.9 Å². The normalized spacial score (nSPS) is 23.5. The third kappa shape index (κ3) is 3.18. The Morgan fingerprint density at radius 1 is 1.35 bits per heavy atom. The Morgan fingerprint density at radius 2 is 2.06 bits per heavy atom. The zero-order valence-electron chi connectivity index (χ0n) is 9.15. The molecule has 0 spiro atoms. The van der Waals surface area contributed by atoms with Crippen LogP contribution in [0.3, 0.4) is 0 Å². The van der Waals surface area contributed by atoms with E-state index in [-0.39, 0.29) is 17.5 Å². The molecule has 0 aromatic heterocycles. The maximum atomic E-state index is 13.6. The third-order valence-corrected chi connectivity index (χ3v) is 4.02. The first-order valence-electron chi connectivity index (χ1n) is 5.55. The molecule has 0 atom stereocenters. The average Bonchev–Trinajstić information content (AvgIpc) is 2.26. The van der Waals surface area contributed by atoms with E-state index in [0.29, 0.717) is 10.4 Å². The number of hydrogen-bond donors (Lipinski definition) is 1. The van der Waals surface area contributed by atoms with Crippen LogP contribution in [0.5, 0.6) is 0 Å². The summed E-state index contributed by atoms with van der Waals surface area (Å²) in [6.07, 6.45) is 1.97. The Bertz CT molecular complexity index is 408. The van der Waals surface area contributed by atoms with Crippen molar-refractivity contribution in [1.82, 2.24) is 5.32 Å². The first-order chi connectivity index (χ1) is 8.08. The van der Waals surface area contributed by atoms with E-state index in [2.05, 4.69) is 21.2 Å². The topological polar surface area (TPSA) is 12.0 Å². The fourth-order valence-electron chi connectivity index (χ4n) is 1.95. The zero-order valence-corrected chi connectivity index (χ0v) is 11.5. The quantitative estimate of drug-likeness (QED) is 0.655. The van der Waals surface area contributed by atoms with Crippen molar-refractivity contribution in [3.8, 4) is 0 Å². The predicted octanol–water partition coefficient (Wildman–Crippen LogP) is 3.83. The van der Waals surface area contributed by atoms with E-state index in [1.54, 1.807) is 0 Å². The summed E-state index contributed by atoms with van der Waals surface area (Å²) in [5.41, 5.74) is 0.0844. The van der Waals surface area contributed by atoms with Gasteiger partial charge in [0.15, 0.2) is 0 Å². The highest BCUT2D eigenvalue weighted by molar-refractivity contribution is 9.10. The molecule has 0 unspecified atom stereocenters. The summed E-state index contributed by atoms with van der Waals surface area (Å²) >= 11 is 8.90. The lowest BCUT2D eigenvalue weighted by Crippen LogP contribution is -2.33. The van der Waals surface area contributed by atoms with Crippen molar-refractivity contribution in [3.63, 3.8) is 0 Å². The number of rotatable bonds is 4. The third-order valence-electron chi connectivity index (χ3n) is 3.05. The van der Waals surface area contributed by atoms with Gasteiger partial charge < -0.3 is 5.32 Å². The van der Waals surface area contributed by atoms with E-state index in [1.165, 1.54) is 12.1 Å². The molecule has 1 aliphatic carbocycles. The van der Waals surface area contributed by atoms with Crippen molar-refractivity contribution in [1.29, 1.82) is 0 Å². The van der Waals surface area contributed by atoms with Gasteiger partial charge in [-0.2, -0.15) is 0 Å². The van der Waals surface area contributed by atoms with E-state index in [1.807, 2.05) is 0 Å². The highest BCUT2D eigenvalue weighted by Gasteiger charge is 2.26. The summed E-state index contributed by atoms with van der Waals surface area (Å²) in [7, 11) is 0. The Balaban J connectivity index is 1.88. The summed E-state index contributed by atoms with van der Waals surface area (Å²) in [6.45, 7) is 0.967. The SMILES string of the molecule is Fc1ccc(Br)c(F)c1CNCC1CC(Cl)C1. The second-order valence-electron chi connectivity index (χ2n) is 4.39. The van der Waals surface area contributed by atoms with Crippen LogP contribution in [0.1, 0.15) is 18.4 Å². The van der Waals surface area contributed by atoms with E-state index < -0.39 is 11.6 Å². The van der Waals surface area contributed by atoms with Crippen molar-refractivity contribution in [3.05, 3.63) is 33.8 Å². The van der Waals surface area contributed by atoms with Crippen LogP contribution in [0, 0.1) is 17.6 Å². The number of alkyl halides is 1. The minimum atomic E-state index is -0.527. The summed E-state index contributed by atoms with van der Waals surface area (Å²) < 4.78 is 27.3. The molecule has 1 aromatic rings. The van der Waals surface area contributed by atoms with Crippen molar-refractivity contribution < 1.29 is 8.78 Å². The number of nitrogens with one attached hydrogen (secondary N) is 1. The van der Waals surface area contributed by atoms with Gasteiger partial charge in [-0.3, -0.25) is 0 Å². The maximum Gasteiger partial charge on any atom is 0.144 e. The van der Waals surface area contributed by atoms with Crippen LogP contribution in [0.25, 0.3) is 0 Å². The smallest absolute Gasteiger partial charge is 0.144 e. The molecule has 5 heteroatoms. The molecule has 0 saturated heterocycles. The van der Waals surface area contributed by atoms with Crippen LogP contribution in [0.15, 0.2) is 16.6 Å². The lowest BCUT2D eigenvalue weighted by molar-refractivity contribution is 0.307. The molecule has 94 valence electrons. The summed E-state index contributed by atoms with van der Waals surface area (Å²) in [4.78, 5) is 0. The van der Waals surface area contributed by atoms with Gasteiger partial charge in [0.25, 0.3) is 0 Å². The van der Waals surface area contributed by atoms with Crippen LogP contribution in [0.2, 0.25) is 0 Å². The van der Waals surface area contributed by atoms with Gasteiger partial charge in [0.2, 0.25) is 0 Å². The minimum absolute atomic E-state index is 0.0844. The predicted molar refractivity (Wildman–Crippen MR) is 68.1 cm³/mol. The number of halogens is 4. The molecule has 1 aliphatic rings. The maximum absolute atomic E-state index is 13.6. The molecule has 1 saturated carbocycles. The van der Waals surface area contributed by atoms with E-state index in [4.69, 9.17) is 11.6 Å². The molecule has 0 heterocycles. The molecule has 1 nitrogen and oxygen atoms in total. The molecular weight excluding hydrogens is 311 g/mol. The van der Waals surface area contributed by atoms with Crippen LogP contribution >= 0.6 is 27.5 Å². The largest absolute Gasteiger partial charge is 0.312 e. The van der Waals surface area contributed by atoms with E-state index in [9.17, 15) is 8.78 Å². The molecule has 0 aliphatic heterocycles. The summed E-state index contributed by atoms with van der Waals surface area (Å²) in [5.74, 6) is -0.501. The number of benzene rings is 1. The summed E-state index contributed by atoms with van der Waals surface area (Å²) in [6, 6.07) is 2.64. The van der Waals surface area contributed by atoms with Gasteiger partial charge in [0.05, 0.1) is 4.47 Å². The van der Waals surface area contributed by atoms with Crippen LogP contribution in [-0.2, 0) is 6.54 Å². The molecular formula is C12H13BrClF2N. The molecule has 0 bridgehead atoms. The Kier molecular flexibility index (Phi) is 4.39. The number of hydrogen-bond acceptors (Lipinski definition) is 1. The Labute approximate surface area is 113 Å². The van der Waals surface area contributed by atoms with Crippen LogP contribution in [0.4, 0.5) is 8.78 Å². The highest BCUT2D eigenvalue weighted by Crippen LogP contribution is 2.31. The standard InChI is InChI=1S/C12H13BrClF2N/c13-10-1-2-11(15)9(12(10)16)6-17-5-7-3-8(14)4-7/h1-2,7-8,17H,3-6H2. The Morgan fingerprint density at radius 3 is 2.71 bits per heavy atom. The van der Waals surface area contributed by atoms with Crippen molar-refractivity contribution in [2.24, 2.45) is 5.92 Å². The van der Waals surface area contributed by atoms with Gasteiger partial charge in [-0.15, -0.1) is 11.6 Å². The van der Waals surface area contributed by atoms with Crippen molar-refractivity contribution >= 4 is 27.5 Å². The minimum Gasteiger partial charge on any atom is -0.312 e. The first kappa shape index (κ1) is 13.2. The second kappa shape index (κ2) is 5.63. The molecule has 1 aromatic carbocycles. The van der Waals surface area contributed by atoms with Gasteiger partial charge in [0.1, 0.15) is 11.6 Å². The molecule has 0 radical (unpaired) electrons. The van der Waals surface area contributed by atoms with Gasteiger partial charge in [-0.1, -0.05) is 0 Å². The fourth-order valence-corrected chi connectivity index (χ4v) is 2.83. The molecule has 0 amide bonds. The molecule has 1 N–H and O–H groups in total. The lowest BCUT2D eigenvalue weighted by atomic mass is 9.85. The molecule has 2 rings (SSSR count). The second-order valence-corrected chi connectivity index (χ2v) is 5.86. The fraction of sp³-hybridized carbons (Fsp3) is 0.500. The average molecular weight is 325 g/mol. The monoisotopic (exact) mass is 323 g/mol. The zero-order chi connectivity index (χ0) is 12.4. The van der Waals surface area contributed by atoms with E-state index in [0.717, 1.165) is 19.4 Å². The highest BCUT2D eigenvalue weighted by atomic mass is 79.9. The van der Waals surface area contributed by atoms with Crippen molar-refractivity contribution in [2.45, 2.75) is 24.8 Å². The Hall–Kier alpha value is -0.190. The van der Waals surface area contributed by atoms with Crippen LogP contribution < -0.4 is 5.32 Å². The van der Waals surface area contributed by atoms with Gasteiger partial charge in [-0.25, -0.2) is 8.78 Å². The van der Waals surface area contributed by atoms with Gasteiger partial charge in [0, 0.05) is 17.5 Å². The van der Waals surface area contributed by atoms with Gasteiger partial charge in [-0.05, 0) is 53.4 Å². The van der Waals surface area contributed by atoms with E-state index >= 15 is 0 Å².